The van der Waals surface area contributed by atoms with Gasteiger partial charge in [0.25, 0.3) is 0 Å². The standard InChI is InChI=1S/C10H21NO2/c1-12-7-8-13-6-5-11-9-10-3-2-4-10/h10-11H,2-9H2,1H3. The Balaban J connectivity index is 1.68. The summed E-state index contributed by atoms with van der Waals surface area (Å²) in [5.41, 5.74) is 0. The molecule has 0 aromatic rings. The molecule has 1 N–H and O–H groups in total. The van der Waals surface area contributed by atoms with Crippen LogP contribution in [-0.4, -0.2) is 40.0 Å². The zero-order valence-corrected chi connectivity index (χ0v) is 8.55. The Morgan fingerprint density at radius 1 is 1.23 bits per heavy atom. The van der Waals surface area contributed by atoms with E-state index in [1.807, 2.05) is 0 Å². The summed E-state index contributed by atoms with van der Waals surface area (Å²) in [7, 11) is 1.69. The fourth-order valence-electron chi connectivity index (χ4n) is 1.39. The van der Waals surface area contributed by atoms with E-state index in [2.05, 4.69) is 5.32 Å². The molecular weight excluding hydrogens is 166 g/mol. The predicted molar refractivity (Wildman–Crippen MR) is 52.9 cm³/mol. The van der Waals surface area contributed by atoms with Gasteiger partial charge in [0.15, 0.2) is 0 Å². The van der Waals surface area contributed by atoms with Crippen molar-refractivity contribution in [1.29, 1.82) is 0 Å². The van der Waals surface area contributed by atoms with Crippen LogP contribution in [0, 0.1) is 5.92 Å². The zero-order chi connectivity index (χ0) is 9.36. The summed E-state index contributed by atoms with van der Waals surface area (Å²) in [5, 5.41) is 3.40. The van der Waals surface area contributed by atoms with Crippen LogP contribution in [0.25, 0.3) is 0 Å². The molecule has 0 atom stereocenters. The normalized spacial score (nSPS) is 17.3. The lowest BCUT2D eigenvalue weighted by molar-refractivity contribution is 0.0713. The van der Waals surface area contributed by atoms with Crippen molar-refractivity contribution in [2.24, 2.45) is 5.92 Å². The van der Waals surface area contributed by atoms with Crippen LogP contribution in [0.3, 0.4) is 0 Å². The third kappa shape index (κ3) is 5.24. The van der Waals surface area contributed by atoms with Crippen LogP contribution in [-0.2, 0) is 9.47 Å². The van der Waals surface area contributed by atoms with Crippen molar-refractivity contribution in [2.45, 2.75) is 19.3 Å². The average Bonchev–Trinajstić information content (AvgIpc) is 2.07. The van der Waals surface area contributed by atoms with Gasteiger partial charge < -0.3 is 14.8 Å². The molecule has 78 valence electrons. The molecule has 1 saturated carbocycles. The maximum atomic E-state index is 5.32. The number of rotatable bonds is 8. The molecular formula is C10H21NO2. The number of hydrogen-bond acceptors (Lipinski definition) is 3. The summed E-state index contributed by atoms with van der Waals surface area (Å²) in [4.78, 5) is 0. The molecule has 0 spiro atoms. The topological polar surface area (TPSA) is 30.5 Å². The molecule has 0 heterocycles. The summed E-state index contributed by atoms with van der Waals surface area (Å²) in [6.07, 6.45) is 4.26. The van der Waals surface area contributed by atoms with E-state index in [1.54, 1.807) is 7.11 Å². The molecule has 0 amide bonds. The minimum atomic E-state index is 0.697. The quantitative estimate of drug-likeness (QED) is 0.576. The molecule has 1 aliphatic rings. The first-order valence-corrected chi connectivity index (χ1v) is 5.21. The Morgan fingerprint density at radius 3 is 2.69 bits per heavy atom. The van der Waals surface area contributed by atoms with Crippen molar-refractivity contribution >= 4 is 0 Å². The fourth-order valence-corrected chi connectivity index (χ4v) is 1.39. The van der Waals surface area contributed by atoms with Crippen LogP contribution in [0.15, 0.2) is 0 Å². The first-order chi connectivity index (χ1) is 6.43. The van der Waals surface area contributed by atoms with Gasteiger partial charge in [-0.25, -0.2) is 0 Å². The van der Waals surface area contributed by atoms with Gasteiger partial charge in [-0.2, -0.15) is 0 Å². The van der Waals surface area contributed by atoms with E-state index in [4.69, 9.17) is 9.47 Å². The van der Waals surface area contributed by atoms with Crippen molar-refractivity contribution in [2.75, 3.05) is 40.0 Å². The average molecular weight is 187 g/mol. The Kier molecular flexibility index (Phi) is 6.15. The smallest absolute Gasteiger partial charge is 0.0700 e. The summed E-state index contributed by atoms with van der Waals surface area (Å²) < 4.78 is 10.2. The van der Waals surface area contributed by atoms with E-state index in [0.29, 0.717) is 13.2 Å². The second-order valence-corrected chi connectivity index (χ2v) is 3.61. The molecule has 3 nitrogen and oxygen atoms in total. The van der Waals surface area contributed by atoms with E-state index < -0.39 is 0 Å². The van der Waals surface area contributed by atoms with Gasteiger partial charge in [0.05, 0.1) is 19.8 Å². The van der Waals surface area contributed by atoms with Gasteiger partial charge in [-0.1, -0.05) is 6.42 Å². The number of ether oxygens (including phenoxy) is 2. The van der Waals surface area contributed by atoms with Gasteiger partial charge in [0.1, 0.15) is 0 Å². The Morgan fingerprint density at radius 2 is 2.08 bits per heavy atom. The van der Waals surface area contributed by atoms with E-state index in [-0.39, 0.29) is 0 Å². The zero-order valence-electron chi connectivity index (χ0n) is 8.55. The fraction of sp³-hybridized carbons (Fsp3) is 1.00. The van der Waals surface area contributed by atoms with Gasteiger partial charge in [-0.05, 0) is 25.3 Å². The van der Waals surface area contributed by atoms with Gasteiger partial charge >= 0.3 is 0 Å². The highest BCUT2D eigenvalue weighted by molar-refractivity contribution is 4.71. The van der Waals surface area contributed by atoms with Crippen LogP contribution in [0.2, 0.25) is 0 Å². The third-order valence-electron chi connectivity index (χ3n) is 2.51. The van der Waals surface area contributed by atoms with Gasteiger partial charge in [0.2, 0.25) is 0 Å². The lowest BCUT2D eigenvalue weighted by Gasteiger charge is -2.25. The van der Waals surface area contributed by atoms with Crippen molar-refractivity contribution in [3.8, 4) is 0 Å². The molecule has 0 saturated heterocycles. The van der Waals surface area contributed by atoms with E-state index in [0.717, 1.165) is 19.1 Å². The summed E-state index contributed by atoms with van der Waals surface area (Å²) in [5.74, 6) is 0.943. The maximum Gasteiger partial charge on any atom is 0.0700 e. The molecule has 0 bridgehead atoms. The van der Waals surface area contributed by atoms with Crippen molar-refractivity contribution < 1.29 is 9.47 Å². The lowest BCUT2D eigenvalue weighted by Crippen LogP contribution is -2.29. The maximum absolute atomic E-state index is 5.32. The molecule has 1 aliphatic carbocycles. The first-order valence-electron chi connectivity index (χ1n) is 5.21. The molecule has 1 rings (SSSR count). The van der Waals surface area contributed by atoms with E-state index in [1.165, 1.54) is 25.8 Å². The predicted octanol–water partition coefficient (Wildman–Crippen LogP) is 1.04. The molecule has 0 radical (unpaired) electrons. The minimum Gasteiger partial charge on any atom is -0.382 e. The van der Waals surface area contributed by atoms with Crippen LogP contribution >= 0.6 is 0 Å². The van der Waals surface area contributed by atoms with Crippen molar-refractivity contribution in [1.82, 2.24) is 5.32 Å². The Bertz CT molecular complexity index is 115. The molecule has 3 heteroatoms. The molecule has 0 unspecified atom stereocenters. The Labute approximate surface area is 80.8 Å². The number of nitrogens with one attached hydrogen (secondary N) is 1. The number of hydrogen-bond donors (Lipinski definition) is 1. The summed E-state index contributed by atoms with van der Waals surface area (Å²) >= 11 is 0. The van der Waals surface area contributed by atoms with E-state index >= 15 is 0 Å². The SMILES string of the molecule is COCCOCCNCC1CCC1. The van der Waals surface area contributed by atoms with Crippen molar-refractivity contribution in [3.05, 3.63) is 0 Å². The monoisotopic (exact) mass is 187 g/mol. The number of methoxy groups -OCH3 is 1. The lowest BCUT2D eigenvalue weighted by atomic mass is 9.85. The largest absolute Gasteiger partial charge is 0.382 e. The highest BCUT2D eigenvalue weighted by Gasteiger charge is 2.15. The van der Waals surface area contributed by atoms with Gasteiger partial charge in [-0.15, -0.1) is 0 Å². The van der Waals surface area contributed by atoms with Crippen LogP contribution < -0.4 is 5.32 Å². The molecule has 0 aliphatic heterocycles. The van der Waals surface area contributed by atoms with Crippen LogP contribution in [0.5, 0.6) is 0 Å². The van der Waals surface area contributed by atoms with Gasteiger partial charge in [-0.3, -0.25) is 0 Å². The summed E-state index contributed by atoms with van der Waals surface area (Å²) in [6, 6.07) is 0. The highest BCUT2D eigenvalue weighted by Crippen LogP contribution is 2.24. The highest BCUT2D eigenvalue weighted by atomic mass is 16.5. The van der Waals surface area contributed by atoms with Crippen LogP contribution in [0.4, 0.5) is 0 Å². The molecule has 0 aromatic heterocycles. The second kappa shape index (κ2) is 7.30. The first kappa shape index (κ1) is 11.0. The van der Waals surface area contributed by atoms with Crippen LogP contribution in [0.1, 0.15) is 19.3 Å². The molecule has 13 heavy (non-hydrogen) atoms. The second-order valence-electron chi connectivity index (χ2n) is 3.61. The Hall–Kier alpha value is -0.120. The third-order valence-corrected chi connectivity index (χ3v) is 2.51. The van der Waals surface area contributed by atoms with E-state index in [9.17, 15) is 0 Å². The summed E-state index contributed by atoms with van der Waals surface area (Å²) in [6.45, 7) is 4.36. The molecule has 0 aromatic carbocycles. The van der Waals surface area contributed by atoms with Gasteiger partial charge in [0, 0.05) is 13.7 Å². The molecule has 1 fully saturated rings. The van der Waals surface area contributed by atoms with Crippen molar-refractivity contribution in [3.63, 3.8) is 0 Å². The minimum absolute atomic E-state index is 0.697.